The fourth-order valence-electron chi connectivity index (χ4n) is 3.94. The van der Waals surface area contributed by atoms with Crippen LogP contribution in [0, 0.1) is 0 Å². The molecule has 0 unspecified atom stereocenters. The molecule has 1 N–H and O–H groups in total. The topological polar surface area (TPSA) is 84.9 Å². The number of hydrogen-bond donors (Lipinski definition) is 1. The summed E-state index contributed by atoms with van der Waals surface area (Å²) in [6.07, 6.45) is 4.96. The summed E-state index contributed by atoms with van der Waals surface area (Å²) in [5.41, 5.74) is 0.725. The van der Waals surface area contributed by atoms with Crippen LogP contribution in [0.3, 0.4) is 0 Å². The van der Waals surface area contributed by atoms with Gasteiger partial charge >= 0.3 is 0 Å². The molecule has 0 saturated heterocycles. The Labute approximate surface area is 190 Å². The van der Waals surface area contributed by atoms with Gasteiger partial charge in [-0.3, -0.25) is 4.79 Å². The molecule has 174 valence electrons. The van der Waals surface area contributed by atoms with Gasteiger partial charge in [-0.25, -0.2) is 8.42 Å². The summed E-state index contributed by atoms with van der Waals surface area (Å²) >= 11 is 0. The van der Waals surface area contributed by atoms with Crippen LogP contribution in [-0.2, 0) is 10.0 Å². The quantitative estimate of drug-likeness (QED) is 0.587. The predicted octanol–water partition coefficient (Wildman–Crippen LogP) is 4.69. The second-order valence-electron chi connectivity index (χ2n) is 7.82. The van der Waals surface area contributed by atoms with E-state index in [1.807, 2.05) is 13.8 Å². The van der Waals surface area contributed by atoms with Crippen LogP contribution in [0.5, 0.6) is 11.5 Å². The number of hydrogen-bond acceptors (Lipinski definition) is 5. The molecule has 1 amide bonds. The van der Waals surface area contributed by atoms with Crippen LogP contribution in [0.1, 0.15) is 56.3 Å². The van der Waals surface area contributed by atoms with Crippen LogP contribution in [0.4, 0.5) is 5.69 Å². The molecular formula is C24H32N2O5S. The van der Waals surface area contributed by atoms with Crippen LogP contribution in [-0.4, -0.2) is 44.9 Å². The number of carbonyl (C=O) groups excluding carboxylic acids is 1. The van der Waals surface area contributed by atoms with Crippen molar-refractivity contribution < 1.29 is 22.7 Å². The van der Waals surface area contributed by atoms with Crippen molar-refractivity contribution in [3.05, 3.63) is 48.0 Å². The molecule has 1 saturated carbocycles. The standard InChI is InChI=1S/C24H32N2O5S/c1-4-30-20-14-15-23(31-5-2)22(17-20)25-24(27)18-10-9-13-21(16-18)32(28,29)26(3)19-11-7-6-8-12-19/h9-10,13-17,19H,4-8,11-12H2,1-3H3,(H,25,27). The van der Waals surface area contributed by atoms with E-state index in [4.69, 9.17) is 9.47 Å². The second-order valence-corrected chi connectivity index (χ2v) is 9.82. The lowest BCUT2D eigenvalue weighted by Crippen LogP contribution is -2.38. The maximum atomic E-state index is 13.2. The maximum Gasteiger partial charge on any atom is 0.255 e. The zero-order valence-electron chi connectivity index (χ0n) is 19.0. The molecule has 1 aliphatic rings. The van der Waals surface area contributed by atoms with E-state index in [2.05, 4.69) is 5.32 Å². The Morgan fingerprint density at radius 3 is 2.44 bits per heavy atom. The van der Waals surface area contributed by atoms with Crippen molar-refractivity contribution in [3.63, 3.8) is 0 Å². The van der Waals surface area contributed by atoms with Gasteiger partial charge in [0, 0.05) is 24.7 Å². The fraction of sp³-hybridized carbons (Fsp3) is 0.458. The number of sulfonamides is 1. The average Bonchev–Trinajstić information content (AvgIpc) is 2.81. The predicted molar refractivity (Wildman–Crippen MR) is 125 cm³/mol. The summed E-state index contributed by atoms with van der Waals surface area (Å²) in [4.78, 5) is 13.1. The summed E-state index contributed by atoms with van der Waals surface area (Å²) in [6.45, 7) is 4.68. The van der Waals surface area contributed by atoms with Gasteiger partial charge in [-0.1, -0.05) is 25.3 Å². The van der Waals surface area contributed by atoms with Crippen molar-refractivity contribution >= 4 is 21.6 Å². The Bertz CT molecular complexity index is 1030. The molecule has 1 aliphatic carbocycles. The van der Waals surface area contributed by atoms with Gasteiger partial charge in [0.2, 0.25) is 10.0 Å². The zero-order chi connectivity index (χ0) is 23.1. The molecule has 0 radical (unpaired) electrons. The minimum Gasteiger partial charge on any atom is -0.494 e. The van der Waals surface area contributed by atoms with E-state index in [9.17, 15) is 13.2 Å². The maximum absolute atomic E-state index is 13.2. The molecule has 0 aliphatic heterocycles. The van der Waals surface area contributed by atoms with Gasteiger partial charge < -0.3 is 14.8 Å². The minimum atomic E-state index is -3.69. The smallest absolute Gasteiger partial charge is 0.255 e. The molecule has 2 aromatic carbocycles. The molecule has 3 rings (SSSR count). The number of benzene rings is 2. The monoisotopic (exact) mass is 460 g/mol. The lowest BCUT2D eigenvalue weighted by Gasteiger charge is -2.30. The first-order chi connectivity index (χ1) is 15.4. The number of anilines is 1. The second kappa shape index (κ2) is 10.8. The first-order valence-corrected chi connectivity index (χ1v) is 12.6. The van der Waals surface area contributed by atoms with Crippen molar-refractivity contribution in [2.45, 2.75) is 56.9 Å². The van der Waals surface area contributed by atoms with Crippen LogP contribution in [0.25, 0.3) is 0 Å². The van der Waals surface area contributed by atoms with E-state index >= 15 is 0 Å². The van der Waals surface area contributed by atoms with E-state index in [1.165, 1.54) is 16.4 Å². The zero-order valence-corrected chi connectivity index (χ0v) is 19.8. The Balaban J connectivity index is 1.83. The third-order valence-electron chi connectivity index (χ3n) is 5.67. The molecular weight excluding hydrogens is 428 g/mol. The van der Waals surface area contributed by atoms with E-state index in [1.54, 1.807) is 37.4 Å². The number of ether oxygens (including phenoxy) is 2. The summed E-state index contributed by atoms with van der Waals surface area (Å²) in [5.74, 6) is 0.707. The summed E-state index contributed by atoms with van der Waals surface area (Å²) in [5, 5.41) is 2.83. The van der Waals surface area contributed by atoms with Gasteiger partial charge in [0.15, 0.2) is 0 Å². The van der Waals surface area contributed by atoms with Crippen molar-refractivity contribution in [2.75, 3.05) is 25.6 Å². The SMILES string of the molecule is CCOc1ccc(OCC)c(NC(=O)c2cccc(S(=O)(=O)N(C)C3CCCCC3)c2)c1. The first-order valence-electron chi connectivity index (χ1n) is 11.2. The molecule has 0 heterocycles. The Kier molecular flexibility index (Phi) is 8.15. The van der Waals surface area contributed by atoms with Gasteiger partial charge in [0.1, 0.15) is 11.5 Å². The van der Waals surface area contributed by atoms with Crippen molar-refractivity contribution in [1.82, 2.24) is 4.31 Å². The molecule has 1 fully saturated rings. The summed E-state index contributed by atoms with van der Waals surface area (Å²) < 4.78 is 39.0. The van der Waals surface area contributed by atoms with Crippen LogP contribution < -0.4 is 14.8 Å². The normalized spacial score (nSPS) is 14.9. The molecule has 2 aromatic rings. The number of amides is 1. The Hall–Kier alpha value is -2.58. The number of carbonyl (C=O) groups is 1. The van der Waals surface area contributed by atoms with Crippen LogP contribution in [0.15, 0.2) is 47.4 Å². The molecule has 0 atom stereocenters. The van der Waals surface area contributed by atoms with Crippen molar-refractivity contribution in [3.8, 4) is 11.5 Å². The highest BCUT2D eigenvalue weighted by atomic mass is 32.2. The number of nitrogens with one attached hydrogen (secondary N) is 1. The fourth-order valence-corrected chi connectivity index (χ4v) is 5.41. The van der Waals surface area contributed by atoms with Gasteiger partial charge in [0.25, 0.3) is 5.91 Å². The molecule has 8 heteroatoms. The Morgan fingerprint density at radius 2 is 1.75 bits per heavy atom. The van der Waals surface area contributed by atoms with Crippen molar-refractivity contribution in [1.29, 1.82) is 0 Å². The van der Waals surface area contributed by atoms with E-state index < -0.39 is 15.9 Å². The van der Waals surface area contributed by atoms with Gasteiger partial charge in [-0.15, -0.1) is 0 Å². The van der Waals surface area contributed by atoms with Gasteiger partial charge in [-0.2, -0.15) is 4.31 Å². The third kappa shape index (κ3) is 5.61. The van der Waals surface area contributed by atoms with E-state index in [-0.39, 0.29) is 16.5 Å². The highest BCUT2D eigenvalue weighted by molar-refractivity contribution is 7.89. The van der Waals surface area contributed by atoms with E-state index in [0.29, 0.717) is 30.4 Å². The van der Waals surface area contributed by atoms with Crippen LogP contribution >= 0.6 is 0 Å². The average molecular weight is 461 g/mol. The molecule has 0 spiro atoms. The molecule has 0 aromatic heterocycles. The molecule has 7 nitrogen and oxygen atoms in total. The first kappa shape index (κ1) is 24.1. The van der Waals surface area contributed by atoms with E-state index in [0.717, 1.165) is 32.1 Å². The van der Waals surface area contributed by atoms with Gasteiger partial charge in [0.05, 0.1) is 23.8 Å². The summed E-state index contributed by atoms with van der Waals surface area (Å²) in [7, 11) is -2.06. The molecule has 0 bridgehead atoms. The lowest BCUT2D eigenvalue weighted by atomic mass is 9.96. The number of rotatable bonds is 9. The minimum absolute atomic E-state index is 0.00119. The molecule has 32 heavy (non-hydrogen) atoms. The highest BCUT2D eigenvalue weighted by Crippen LogP contribution is 2.31. The summed E-state index contributed by atoms with van der Waals surface area (Å²) in [6, 6.07) is 11.4. The Morgan fingerprint density at radius 1 is 1.03 bits per heavy atom. The largest absolute Gasteiger partial charge is 0.494 e. The highest BCUT2D eigenvalue weighted by Gasteiger charge is 2.29. The van der Waals surface area contributed by atoms with Crippen LogP contribution in [0.2, 0.25) is 0 Å². The number of nitrogens with zero attached hydrogens (tertiary/aromatic N) is 1. The lowest BCUT2D eigenvalue weighted by molar-refractivity contribution is 0.102. The third-order valence-corrected chi connectivity index (χ3v) is 7.58. The van der Waals surface area contributed by atoms with Gasteiger partial charge in [-0.05, 0) is 57.0 Å². The van der Waals surface area contributed by atoms with Crippen molar-refractivity contribution in [2.24, 2.45) is 0 Å².